The number of carbonyl (C=O) groups excluding carboxylic acids is 2. The van der Waals surface area contributed by atoms with Crippen molar-refractivity contribution in [2.45, 2.75) is 52.1 Å². The van der Waals surface area contributed by atoms with Gasteiger partial charge in [0.25, 0.3) is 0 Å². The van der Waals surface area contributed by atoms with Gasteiger partial charge in [0.15, 0.2) is 0 Å². The van der Waals surface area contributed by atoms with Crippen LogP contribution in [0.25, 0.3) is 0 Å². The first-order valence-electron chi connectivity index (χ1n) is 11.4. The van der Waals surface area contributed by atoms with Gasteiger partial charge in [-0.25, -0.2) is 0 Å². The summed E-state index contributed by atoms with van der Waals surface area (Å²) in [5, 5.41) is 5.46. The Morgan fingerprint density at radius 2 is 1.44 bits per heavy atom. The van der Waals surface area contributed by atoms with E-state index < -0.39 is 0 Å². The molecular weight excluding hydrogens is 404 g/mol. The van der Waals surface area contributed by atoms with E-state index in [9.17, 15) is 9.59 Å². The van der Waals surface area contributed by atoms with Gasteiger partial charge in [-0.2, -0.15) is 0 Å². The lowest BCUT2D eigenvalue weighted by molar-refractivity contribution is -0.121. The first-order valence-corrected chi connectivity index (χ1v) is 11.4. The molecule has 0 fully saturated rings. The number of nitrogens with one attached hydrogen (secondary N) is 2. The van der Waals surface area contributed by atoms with Gasteiger partial charge in [0, 0.05) is 32.4 Å². The zero-order valence-corrected chi connectivity index (χ0v) is 19.3. The minimum atomic E-state index is -0.149. The van der Waals surface area contributed by atoms with Crippen LogP contribution in [0.5, 0.6) is 0 Å². The van der Waals surface area contributed by atoms with Gasteiger partial charge in [-0.1, -0.05) is 42.0 Å². The lowest BCUT2D eigenvalue weighted by Gasteiger charge is -2.08. The molecule has 0 aliphatic rings. The fourth-order valence-corrected chi connectivity index (χ4v) is 3.14. The molecule has 0 aromatic heterocycles. The van der Waals surface area contributed by atoms with Crippen LogP contribution in [0.4, 0.5) is 5.69 Å². The minimum absolute atomic E-state index is 0.0610. The Morgan fingerprint density at radius 1 is 0.781 bits per heavy atom. The number of benzene rings is 2. The van der Waals surface area contributed by atoms with Gasteiger partial charge in [-0.3, -0.25) is 9.59 Å². The lowest BCUT2D eigenvalue weighted by Crippen LogP contribution is -2.18. The van der Waals surface area contributed by atoms with Crippen molar-refractivity contribution in [3.05, 3.63) is 65.2 Å². The summed E-state index contributed by atoms with van der Waals surface area (Å²) in [5.41, 5.74) is 4.40. The van der Waals surface area contributed by atoms with Gasteiger partial charge >= 0.3 is 0 Å². The topological polar surface area (TPSA) is 76.7 Å². The molecule has 6 heteroatoms. The van der Waals surface area contributed by atoms with Gasteiger partial charge in [0.1, 0.15) is 6.61 Å². The van der Waals surface area contributed by atoms with Crippen molar-refractivity contribution >= 4 is 17.5 Å². The molecule has 0 heterocycles. The summed E-state index contributed by atoms with van der Waals surface area (Å²) in [6.45, 7) is 3.87. The van der Waals surface area contributed by atoms with Crippen LogP contribution in [-0.4, -0.2) is 38.7 Å². The molecule has 0 unspecified atom stereocenters. The highest BCUT2D eigenvalue weighted by Crippen LogP contribution is 2.11. The first-order chi connectivity index (χ1) is 15.6. The Balaban J connectivity index is 1.51. The summed E-state index contributed by atoms with van der Waals surface area (Å²) < 4.78 is 11.1. The molecule has 0 bridgehead atoms. The number of unbranched alkanes of at least 4 members (excludes halogenated alkanes) is 2. The fourth-order valence-electron chi connectivity index (χ4n) is 3.14. The summed E-state index contributed by atoms with van der Waals surface area (Å²) in [4.78, 5) is 23.2. The number of hydrogen-bond donors (Lipinski definition) is 2. The van der Waals surface area contributed by atoms with Crippen LogP contribution in [0.15, 0.2) is 48.5 Å². The van der Waals surface area contributed by atoms with E-state index >= 15 is 0 Å². The maximum atomic E-state index is 12.0. The zero-order valence-electron chi connectivity index (χ0n) is 19.3. The second kappa shape index (κ2) is 15.2. The van der Waals surface area contributed by atoms with Crippen LogP contribution >= 0.6 is 0 Å². The number of ether oxygens (including phenoxy) is 2. The molecule has 2 aromatic rings. The third-order valence-electron chi connectivity index (χ3n) is 5.09. The van der Waals surface area contributed by atoms with Crippen LogP contribution in [0.3, 0.4) is 0 Å². The van der Waals surface area contributed by atoms with E-state index in [2.05, 4.69) is 41.8 Å². The van der Waals surface area contributed by atoms with E-state index in [1.807, 2.05) is 24.3 Å². The van der Waals surface area contributed by atoms with E-state index in [0.717, 1.165) is 43.4 Å². The van der Waals surface area contributed by atoms with Crippen LogP contribution < -0.4 is 10.6 Å². The summed E-state index contributed by atoms with van der Waals surface area (Å²) >= 11 is 0. The van der Waals surface area contributed by atoms with E-state index in [0.29, 0.717) is 26.2 Å². The summed E-state index contributed by atoms with van der Waals surface area (Å²) in [6.07, 6.45) is 5.21. The summed E-state index contributed by atoms with van der Waals surface area (Å²) in [7, 11) is 1.65. The maximum absolute atomic E-state index is 12.0. The highest BCUT2D eigenvalue weighted by Gasteiger charge is 2.03. The third kappa shape index (κ3) is 11.1. The van der Waals surface area contributed by atoms with E-state index in [-0.39, 0.29) is 18.4 Å². The second-order valence-electron chi connectivity index (χ2n) is 7.92. The standard InChI is InChI=1S/C26H36N2O4/c1-21-9-11-22(12-10-21)7-3-5-18-32-20-26(30)28-24-15-13-23(14-16-24)19-31-17-6-4-8-25(29)27-2/h9-16H,3-8,17-20H2,1-2H3,(H,27,29)(H,28,30). The van der Waals surface area contributed by atoms with Crippen molar-refractivity contribution in [1.82, 2.24) is 5.32 Å². The smallest absolute Gasteiger partial charge is 0.250 e. The SMILES string of the molecule is CNC(=O)CCCCOCc1ccc(NC(=O)COCCCCc2ccc(C)cc2)cc1. The highest BCUT2D eigenvalue weighted by atomic mass is 16.5. The first kappa shape index (κ1) is 25.6. The zero-order chi connectivity index (χ0) is 23.0. The van der Waals surface area contributed by atoms with Gasteiger partial charge in [0.05, 0.1) is 6.61 Å². The van der Waals surface area contributed by atoms with E-state index in [1.54, 1.807) is 7.05 Å². The average Bonchev–Trinajstić information content (AvgIpc) is 2.80. The van der Waals surface area contributed by atoms with Crippen molar-refractivity contribution < 1.29 is 19.1 Å². The number of hydrogen-bond acceptors (Lipinski definition) is 4. The molecule has 0 aliphatic carbocycles. The van der Waals surface area contributed by atoms with Crippen LogP contribution in [0, 0.1) is 6.92 Å². The van der Waals surface area contributed by atoms with Crippen molar-refractivity contribution in [2.75, 3.05) is 32.2 Å². The number of amides is 2. The Kier molecular flexibility index (Phi) is 12.1. The quantitative estimate of drug-likeness (QED) is 0.402. The molecular formula is C26H36N2O4. The Labute approximate surface area is 191 Å². The number of carbonyl (C=O) groups is 2. The number of rotatable bonds is 15. The predicted octanol–water partition coefficient (Wildman–Crippen LogP) is 4.41. The maximum Gasteiger partial charge on any atom is 0.250 e. The second-order valence-corrected chi connectivity index (χ2v) is 7.92. The molecule has 0 radical (unpaired) electrons. The Hall–Kier alpha value is -2.70. The van der Waals surface area contributed by atoms with Crippen LogP contribution in [0.2, 0.25) is 0 Å². The predicted molar refractivity (Wildman–Crippen MR) is 128 cm³/mol. The molecule has 6 nitrogen and oxygen atoms in total. The Morgan fingerprint density at radius 3 is 2.16 bits per heavy atom. The molecule has 2 amide bonds. The summed E-state index contributed by atoms with van der Waals surface area (Å²) in [6, 6.07) is 16.2. The fraction of sp³-hybridized carbons (Fsp3) is 0.462. The van der Waals surface area contributed by atoms with Gasteiger partial charge in [0.2, 0.25) is 11.8 Å². The van der Waals surface area contributed by atoms with Crippen LogP contribution in [-0.2, 0) is 32.1 Å². The number of aryl methyl sites for hydroxylation is 2. The third-order valence-corrected chi connectivity index (χ3v) is 5.09. The van der Waals surface area contributed by atoms with Crippen LogP contribution in [0.1, 0.15) is 48.8 Å². The molecule has 2 rings (SSSR count). The average molecular weight is 441 g/mol. The molecule has 0 saturated heterocycles. The molecule has 32 heavy (non-hydrogen) atoms. The van der Waals surface area contributed by atoms with E-state index in [1.165, 1.54) is 11.1 Å². The molecule has 0 saturated carbocycles. The van der Waals surface area contributed by atoms with Gasteiger partial charge < -0.3 is 20.1 Å². The largest absolute Gasteiger partial charge is 0.377 e. The molecule has 2 N–H and O–H groups in total. The molecule has 0 aliphatic heterocycles. The van der Waals surface area contributed by atoms with Gasteiger partial charge in [-0.05, 0) is 62.3 Å². The van der Waals surface area contributed by atoms with Crippen molar-refractivity contribution in [2.24, 2.45) is 0 Å². The van der Waals surface area contributed by atoms with Crippen molar-refractivity contribution in [3.63, 3.8) is 0 Å². The molecule has 0 atom stereocenters. The number of anilines is 1. The lowest BCUT2D eigenvalue weighted by atomic mass is 10.1. The minimum Gasteiger partial charge on any atom is -0.377 e. The van der Waals surface area contributed by atoms with Crippen molar-refractivity contribution in [3.8, 4) is 0 Å². The summed E-state index contributed by atoms with van der Waals surface area (Å²) in [5.74, 6) is -0.0881. The highest BCUT2D eigenvalue weighted by molar-refractivity contribution is 5.91. The normalized spacial score (nSPS) is 10.7. The van der Waals surface area contributed by atoms with Gasteiger partial charge in [-0.15, -0.1) is 0 Å². The van der Waals surface area contributed by atoms with Crippen molar-refractivity contribution in [1.29, 1.82) is 0 Å². The molecule has 0 spiro atoms. The Bertz CT molecular complexity index is 804. The molecule has 174 valence electrons. The monoisotopic (exact) mass is 440 g/mol. The van der Waals surface area contributed by atoms with E-state index in [4.69, 9.17) is 9.47 Å². The molecule has 2 aromatic carbocycles.